The minimum absolute atomic E-state index is 0.541. The van der Waals surface area contributed by atoms with Crippen molar-refractivity contribution in [3.05, 3.63) is 12.2 Å². The molecule has 1 aromatic heterocycles. The smallest absolute Gasteiger partial charge is 0.191 e. The number of hydrogen-bond acceptors (Lipinski definition) is 4. The van der Waals surface area contributed by atoms with Crippen LogP contribution in [0.5, 0.6) is 0 Å². The average Bonchev–Trinajstić information content (AvgIpc) is 3.35. The van der Waals surface area contributed by atoms with E-state index in [9.17, 15) is 0 Å². The molecule has 0 bridgehead atoms. The number of aryl methyl sites for hydroxylation is 1. The molecule has 2 heterocycles. The molecular weight excluding hydrogens is 302 g/mol. The standard InChI is InChI=1S/C17H31N7/c1-3-16-22-20-13-24(16)12-9-19-17(18-4-2)21-14-7-10-23(11-8-14)15-5-6-15/h13-15H,3-12H2,1-2H3,(H2,18,19,21). The fourth-order valence-corrected chi connectivity index (χ4v) is 3.37. The number of guanidine groups is 1. The number of piperidine rings is 1. The van der Waals surface area contributed by atoms with Crippen molar-refractivity contribution in [3.63, 3.8) is 0 Å². The summed E-state index contributed by atoms with van der Waals surface area (Å²) >= 11 is 0. The molecule has 0 unspecified atom stereocenters. The minimum Gasteiger partial charge on any atom is -0.357 e. The predicted octanol–water partition coefficient (Wildman–Crippen LogP) is 1.02. The summed E-state index contributed by atoms with van der Waals surface area (Å²) in [5, 5.41) is 15.1. The zero-order valence-corrected chi connectivity index (χ0v) is 15.0. The summed E-state index contributed by atoms with van der Waals surface area (Å²) in [4.78, 5) is 7.38. The Hall–Kier alpha value is -1.63. The van der Waals surface area contributed by atoms with Crippen molar-refractivity contribution < 1.29 is 0 Å². The van der Waals surface area contributed by atoms with Gasteiger partial charge in [0.1, 0.15) is 12.2 Å². The molecule has 0 radical (unpaired) electrons. The monoisotopic (exact) mass is 333 g/mol. The van der Waals surface area contributed by atoms with Crippen LogP contribution < -0.4 is 10.6 Å². The molecule has 1 saturated heterocycles. The number of hydrogen-bond donors (Lipinski definition) is 2. The Morgan fingerprint density at radius 2 is 2.04 bits per heavy atom. The molecule has 1 aromatic rings. The van der Waals surface area contributed by atoms with Crippen LogP contribution in [0.3, 0.4) is 0 Å². The Labute approximate surface area is 144 Å². The molecule has 134 valence electrons. The fraction of sp³-hybridized carbons (Fsp3) is 0.824. The summed E-state index contributed by atoms with van der Waals surface area (Å²) < 4.78 is 2.08. The quantitative estimate of drug-likeness (QED) is 0.576. The van der Waals surface area contributed by atoms with Crippen LogP contribution in [0.15, 0.2) is 11.3 Å². The van der Waals surface area contributed by atoms with Gasteiger partial charge in [-0.3, -0.25) is 4.99 Å². The van der Waals surface area contributed by atoms with Crippen LogP contribution in [0.2, 0.25) is 0 Å². The number of rotatable bonds is 7. The number of likely N-dealkylation sites (tertiary alicyclic amines) is 1. The van der Waals surface area contributed by atoms with Gasteiger partial charge in [-0.1, -0.05) is 6.92 Å². The number of aromatic nitrogens is 3. The van der Waals surface area contributed by atoms with Crippen LogP contribution in [0.25, 0.3) is 0 Å². The molecule has 1 saturated carbocycles. The molecule has 2 fully saturated rings. The van der Waals surface area contributed by atoms with Crippen molar-refractivity contribution in [2.24, 2.45) is 4.99 Å². The van der Waals surface area contributed by atoms with Gasteiger partial charge in [0.15, 0.2) is 5.96 Å². The van der Waals surface area contributed by atoms with Crippen molar-refractivity contribution >= 4 is 5.96 Å². The van der Waals surface area contributed by atoms with E-state index in [1.54, 1.807) is 6.33 Å². The fourth-order valence-electron chi connectivity index (χ4n) is 3.37. The van der Waals surface area contributed by atoms with Crippen LogP contribution in [-0.4, -0.2) is 63.9 Å². The van der Waals surface area contributed by atoms with Gasteiger partial charge in [0.05, 0.1) is 6.54 Å². The SMILES string of the molecule is CCNC(=NCCn1cnnc1CC)NC1CCN(C2CC2)CC1. The summed E-state index contributed by atoms with van der Waals surface area (Å²) in [5.41, 5.74) is 0. The maximum absolute atomic E-state index is 4.73. The van der Waals surface area contributed by atoms with Gasteiger partial charge >= 0.3 is 0 Å². The highest BCUT2D eigenvalue weighted by atomic mass is 15.3. The molecule has 24 heavy (non-hydrogen) atoms. The highest BCUT2D eigenvalue weighted by Crippen LogP contribution is 2.29. The van der Waals surface area contributed by atoms with E-state index >= 15 is 0 Å². The molecule has 0 aromatic carbocycles. The summed E-state index contributed by atoms with van der Waals surface area (Å²) in [6.45, 7) is 9.11. The van der Waals surface area contributed by atoms with Gasteiger partial charge in [-0.15, -0.1) is 10.2 Å². The maximum Gasteiger partial charge on any atom is 0.191 e. The van der Waals surface area contributed by atoms with Gasteiger partial charge in [0.25, 0.3) is 0 Å². The van der Waals surface area contributed by atoms with Crippen LogP contribution in [0.4, 0.5) is 0 Å². The van der Waals surface area contributed by atoms with E-state index in [0.717, 1.165) is 43.9 Å². The Morgan fingerprint density at radius 1 is 1.25 bits per heavy atom. The number of nitrogens with zero attached hydrogens (tertiary/aromatic N) is 5. The summed E-state index contributed by atoms with van der Waals surface area (Å²) in [6, 6.07) is 1.43. The van der Waals surface area contributed by atoms with Gasteiger partial charge in [0.2, 0.25) is 0 Å². The lowest BCUT2D eigenvalue weighted by atomic mass is 10.1. The molecular formula is C17H31N7. The average molecular weight is 333 g/mol. The van der Waals surface area contributed by atoms with Crippen molar-refractivity contribution in [2.75, 3.05) is 26.2 Å². The minimum atomic E-state index is 0.541. The van der Waals surface area contributed by atoms with Crippen LogP contribution in [-0.2, 0) is 13.0 Å². The Balaban J connectivity index is 1.46. The van der Waals surface area contributed by atoms with Gasteiger partial charge in [-0.2, -0.15) is 0 Å². The lowest BCUT2D eigenvalue weighted by Gasteiger charge is -2.33. The Morgan fingerprint density at radius 3 is 2.71 bits per heavy atom. The maximum atomic E-state index is 4.73. The van der Waals surface area contributed by atoms with Crippen LogP contribution >= 0.6 is 0 Å². The topological polar surface area (TPSA) is 70.4 Å². The molecule has 0 atom stereocenters. The summed E-state index contributed by atoms with van der Waals surface area (Å²) in [5.74, 6) is 1.96. The van der Waals surface area contributed by atoms with Gasteiger partial charge in [0, 0.05) is 44.7 Å². The third-order valence-electron chi connectivity index (χ3n) is 4.90. The first-order valence-electron chi connectivity index (χ1n) is 9.45. The first-order chi connectivity index (χ1) is 11.8. The first kappa shape index (κ1) is 17.2. The molecule has 0 amide bonds. The molecule has 0 spiro atoms. The second-order valence-electron chi connectivity index (χ2n) is 6.74. The summed E-state index contributed by atoms with van der Waals surface area (Å²) in [7, 11) is 0. The Kier molecular flexibility index (Phi) is 6.07. The molecule has 1 aliphatic carbocycles. The third kappa shape index (κ3) is 4.69. The predicted molar refractivity (Wildman–Crippen MR) is 96.1 cm³/mol. The third-order valence-corrected chi connectivity index (χ3v) is 4.90. The Bertz CT molecular complexity index is 527. The van der Waals surface area contributed by atoms with E-state index in [1.165, 1.54) is 38.8 Å². The second-order valence-corrected chi connectivity index (χ2v) is 6.74. The molecule has 3 rings (SSSR count). The van der Waals surface area contributed by atoms with E-state index < -0.39 is 0 Å². The molecule has 7 heteroatoms. The highest BCUT2D eigenvalue weighted by molar-refractivity contribution is 5.80. The van der Waals surface area contributed by atoms with Crippen LogP contribution in [0.1, 0.15) is 45.4 Å². The van der Waals surface area contributed by atoms with E-state index in [0.29, 0.717) is 6.04 Å². The number of nitrogens with one attached hydrogen (secondary N) is 2. The van der Waals surface area contributed by atoms with E-state index in [4.69, 9.17) is 4.99 Å². The van der Waals surface area contributed by atoms with Crippen LogP contribution in [0, 0.1) is 0 Å². The molecule has 2 N–H and O–H groups in total. The zero-order valence-electron chi connectivity index (χ0n) is 15.0. The van der Waals surface area contributed by atoms with Gasteiger partial charge in [-0.05, 0) is 32.6 Å². The first-order valence-corrected chi connectivity index (χ1v) is 9.45. The van der Waals surface area contributed by atoms with Crippen molar-refractivity contribution in [1.82, 2.24) is 30.3 Å². The second kappa shape index (κ2) is 8.46. The lowest BCUT2D eigenvalue weighted by Crippen LogP contribution is -2.49. The van der Waals surface area contributed by atoms with E-state index in [1.807, 2.05) is 0 Å². The highest BCUT2D eigenvalue weighted by Gasteiger charge is 2.31. The van der Waals surface area contributed by atoms with Crippen molar-refractivity contribution in [2.45, 2.75) is 64.6 Å². The van der Waals surface area contributed by atoms with Gasteiger partial charge in [-0.25, -0.2) is 0 Å². The molecule has 1 aliphatic heterocycles. The molecule has 2 aliphatic rings. The summed E-state index contributed by atoms with van der Waals surface area (Å²) in [6.07, 6.45) is 7.94. The normalized spacial score (nSPS) is 20.3. The van der Waals surface area contributed by atoms with Crippen molar-refractivity contribution in [1.29, 1.82) is 0 Å². The van der Waals surface area contributed by atoms with E-state index in [2.05, 4.69) is 44.1 Å². The van der Waals surface area contributed by atoms with E-state index in [-0.39, 0.29) is 0 Å². The van der Waals surface area contributed by atoms with Crippen molar-refractivity contribution in [3.8, 4) is 0 Å². The number of aliphatic imine (C=N–C) groups is 1. The zero-order chi connectivity index (χ0) is 16.8. The largest absolute Gasteiger partial charge is 0.357 e. The molecule has 7 nitrogen and oxygen atoms in total. The lowest BCUT2D eigenvalue weighted by molar-refractivity contribution is 0.197. The van der Waals surface area contributed by atoms with Gasteiger partial charge < -0.3 is 20.1 Å².